The van der Waals surface area contributed by atoms with Crippen LogP contribution in [-0.2, 0) is 0 Å². The molecule has 3 heteroatoms. The number of halogens is 1. The van der Waals surface area contributed by atoms with Gasteiger partial charge in [-0.1, -0.05) is 17.7 Å². The molecule has 0 radical (unpaired) electrons. The maximum atomic E-state index is 5.93. The Morgan fingerprint density at radius 2 is 2.12 bits per heavy atom. The van der Waals surface area contributed by atoms with Crippen LogP contribution in [0.3, 0.4) is 0 Å². The van der Waals surface area contributed by atoms with Crippen molar-refractivity contribution in [2.24, 2.45) is 0 Å². The standard InChI is InChI=1S/C14H11ClN2/c15-13-7-8-16-14(13)6-5-12-4-3-11(9-17-12)10-1-2-10/h3-4,7-10,16H,1-2H2. The first-order valence-electron chi connectivity index (χ1n) is 5.64. The van der Waals surface area contributed by atoms with Crippen LogP contribution in [0, 0.1) is 11.8 Å². The van der Waals surface area contributed by atoms with Crippen molar-refractivity contribution in [3.8, 4) is 11.8 Å². The number of hydrogen-bond acceptors (Lipinski definition) is 1. The molecule has 2 nitrogen and oxygen atoms in total. The normalized spacial score (nSPS) is 14.2. The molecule has 84 valence electrons. The molecule has 0 aromatic carbocycles. The minimum absolute atomic E-state index is 0.645. The van der Waals surface area contributed by atoms with Crippen molar-refractivity contribution in [2.45, 2.75) is 18.8 Å². The minimum atomic E-state index is 0.645. The first kappa shape index (κ1) is 10.4. The lowest BCUT2D eigenvalue weighted by Gasteiger charge is -1.95. The van der Waals surface area contributed by atoms with Gasteiger partial charge in [-0.05, 0) is 48.3 Å². The van der Waals surface area contributed by atoms with Gasteiger partial charge in [0.15, 0.2) is 0 Å². The van der Waals surface area contributed by atoms with Crippen molar-refractivity contribution < 1.29 is 0 Å². The van der Waals surface area contributed by atoms with E-state index in [4.69, 9.17) is 11.6 Å². The van der Waals surface area contributed by atoms with E-state index in [2.05, 4.69) is 27.9 Å². The smallest absolute Gasteiger partial charge is 0.113 e. The summed E-state index contributed by atoms with van der Waals surface area (Å²) >= 11 is 5.93. The molecule has 1 N–H and O–H groups in total. The van der Waals surface area contributed by atoms with Crippen LogP contribution in [0.4, 0.5) is 0 Å². The van der Waals surface area contributed by atoms with E-state index < -0.39 is 0 Å². The van der Waals surface area contributed by atoms with E-state index in [1.807, 2.05) is 12.3 Å². The summed E-state index contributed by atoms with van der Waals surface area (Å²) in [7, 11) is 0. The second kappa shape index (κ2) is 4.27. The molecule has 1 aliphatic rings. The monoisotopic (exact) mass is 242 g/mol. The molecule has 0 aliphatic heterocycles. The number of aromatic amines is 1. The third-order valence-corrected chi connectivity index (χ3v) is 3.16. The second-order valence-corrected chi connectivity index (χ2v) is 4.61. The average Bonchev–Trinajstić information content (AvgIpc) is 3.12. The molecule has 0 bridgehead atoms. The number of rotatable bonds is 1. The summed E-state index contributed by atoms with van der Waals surface area (Å²) in [6.45, 7) is 0. The Bertz CT molecular complexity index is 583. The van der Waals surface area contributed by atoms with Crippen molar-refractivity contribution in [2.75, 3.05) is 0 Å². The number of H-pyrrole nitrogens is 1. The lowest BCUT2D eigenvalue weighted by atomic mass is 10.2. The minimum Gasteiger partial charge on any atom is -0.354 e. The third kappa shape index (κ3) is 2.35. The Kier molecular flexibility index (Phi) is 2.62. The molecule has 2 heterocycles. The highest BCUT2D eigenvalue weighted by molar-refractivity contribution is 6.31. The van der Waals surface area contributed by atoms with Gasteiger partial charge in [-0.2, -0.15) is 0 Å². The molecule has 2 aromatic heterocycles. The predicted octanol–water partition coefficient (Wildman–Crippen LogP) is 3.34. The van der Waals surface area contributed by atoms with E-state index in [0.717, 1.165) is 17.3 Å². The Labute approximate surface area is 105 Å². The summed E-state index contributed by atoms with van der Waals surface area (Å²) in [4.78, 5) is 7.32. The maximum absolute atomic E-state index is 5.93. The summed E-state index contributed by atoms with van der Waals surface area (Å²) in [5.41, 5.74) is 2.84. The molecule has 0 spiro atoms. The van der Waals surface area contributed by atoms with Crippen LogP contribution in [0.1, 0.15) is 35.7 Å². The number of pyridine rings is 1. The molecular weight excluding hydrogens is 232 g/mol. The zero-order chi connectivity index (χ0) is 11.7. The Morgan fingerprint density at radius 1 is 1.24 bits per heavy atom. The SMILES string of the molecule is Clc1cc[nH]c1C#Cc1ccc(C2CC2)cn1. The van der Waals surface area contributed by atoms with E-state index in [1.54, 1.807) is 12.3 Å². The van der Waals surface area contributed by atoms with Gasteiger partial charge in [0, 0.05) is 12.4 Å². The molecule has 0 amide bonds. The van der Waals surface area contributed by atoms with Crippen molar-refractivity contribution in [1.82, 2.24) is 9.97 Å². The molecule has 1 fully saturated rings. The molecule has 0 saturated heterocycles. The van der Waals surface area contributed by atoms with Crippen LogP contribution >= 0.6 is 11.6 Å². The van der Waals surface area contributed by atoms with Gasteiger partial charge in [0.05, 0.1) is 5.02 Å². The van der Waals surface area contributed by atoms with Crippen LogP contribution in [0.2, 0.25) is 5.02 Å². The fraction of sp³-hybridized carbons (Fsp3) is 0.214. The largest absolute Gasteiger partial charge is 0.354 e. The molecule has 0 unspecified atom stereocenters. The lowest BCUT2D eigenvalue weighted by molar-refractivity contribution is 1.09. The van der Waals surface area contributed by atoms with Gasteiger partial charge in [0.25, 0.3) is 0 Å². The number of hydrogen-bond donors (Lipinski definition) is 1. The number of nitrogens with one attached hydrogen (secondary N) is 1. The number of nitrogens with zero attached hydrogens (tertiary/aromatic N) is 1. The van der Waals surface area contributed by atoms with Gasteiger partial charge in [-0.3, -0.25) is 0 Å². The molecule has 17 heavy (non-hydrogen) atoms. The molecule has 1 aliphatic carbocycles. The zero-order valence-electron chi connectivity index (χ0n) is 9.20. The van der Waals surface area contributed by atoms with Crippen LogP contribution in [-0.4, -0.2) is 9.97 Å². The molecule has 3 rings (SSSR count). The second-order valence-electron chi connectivity index (χ2n) is 4.20. The first-order chi connectivity index (χ1) is 8.33. The first-order valence-corrected chi connectivity index (χ1v) is 6.01. The Morgan fingerprint density at radius 3 is 2.71 bits per heavy atom. The summed E-state index contributed by atoms with van der Waals surface area (Å²) < 4.78 is 0. The molecule has 2 aromatic rings. The van der Waals surface area contributed by atoms with Crippen molar-refractivity contribution in [1.29, 1.82) is 0 Å². The van der Waals surface area contributed by atoms with E-state index in [0.29, 0.717) is 5.02 Å². The maximum Gasteiger partial charge on any atom is 0.113 e. The Balaban J connectivity index is 1.81. The highest BCUT2D eigenvalue weighted by Gasteiger charge is 2.23. The number of aromatic nitrogens is 2. The van der Waals surface area contributed by atoms with Gasteiger partial charge >= 0.3 is 0 Å². The predicted molar refractivity (Wildman–Crippen MR) is 68.0 cm³/mol. The van der Waals surface area contributed by atoms with Crippen molar-refractivity contribution in [3.63, 3.8) is 0 Å². The lowest BCUT2D eigenvalue weighted by Crippen LogP contribution is -1.85. The van der Waals surface area contributed by atoms with E-state index >= 15 is 0 Å². The van der Waals surface area contributed by atoms with Crippen LogP contribution in [0.15, 0.2) is 30.6 Å². The van der Waals surface area contributed by atoms with Crippen LogP contribution in [0.5, 0.6) is 0 Å². The highest BCUT2D eigenvalue weighted by Crippen LogP contribution is 2.39. The van der Waals surface area contributed by atoms with Crippen molar-refractivity contribution in [3.05, 3.63) is 52.6 Å². The fourth-order valence-electron chi connectivity index (χ4n) is 1.71. The van der Waals surface area contributed by atoms with E-state index in [-0.39, 0.29) is 0 Å². The highest BCUT2D eigenvalue weighted by atomic mass is 35.5. The van der Waals surface area contributed by atoms with Gasteiger partial charge in [-0.25, -0.2) is 4.98 Å². The van der Waals surface area contributed by atoms with Gasteiger partial charge < -0.3 is 4.98 Å². The zero-order valence-corrected chi connectivity index (χ0v) is 9.96. The van der Waals surface area contributed by atoms with Gasteiger partial charge in [0.2, 0.25) is 0 Å². The summed E-state index contributed by atoms with van der Waals surface area (Å²) in [6.07, 6.45) is 6.30. The molecule has 0 atom stereocenters. The van der Waals surface area contributed by atoms with Crippen LogP contribution < -0.4 is 0 Å². The summed E-state index contributed by atoms with van der Waals surface area (Å²) in [6, 6.07) is 5.87. The van der Waals surface area contributed by atoms with E-state index in [9.17, 15) is 0 Å². The molecular formula is C14H11ClN2. The van der Waals surface area contributed by atoms with Gasteiger partial charge in [-0.15, -0.1) is 0 Å². The van der Waals surface area contributed by atoms with Gasteiger partial charge in [0.1, 0.15) is 11.4 Å². The molecule has 1 saturated carbocycles. The van der Waals surface area contributed by atoms with Crippen molar-refractivity contribution >= 4 is 11.6 Å². The third-order valence-electron chi connectivity index (χ3n) is 2.85. The topological polar surface area (TPSA) is 28.7 Å². The summed E-state index contributed by atoms with van der Waals surface area (Å²) in [5, 5.41) is 0.645. The Hall–Kier alpha value is -1.72. The quantitative estimate of drug-likeness (QED) is 0.764. The summed E-state index contributed by atoms with van der Waals surface area (Å²) in [5.74, 6) is 6.71. The van der Waals surface area contributed by atoms with E-state index in [1.165, 1.54) is 18.4 Å². The average molecular weight is 243 g/mol. The van der Waals surface area contributed by atoms with Crippen LogP contribution in [0.25, 0.3) is 0 Å². The fourth-order valence-corrected chi connectivity index (χ4v) is 1.87.